The van der Waals surface area contributed by atoms with Gasteiger partial charge in [-0.3, -0.25) is 9.58 Å². The van der Waals surface area contributed by atoms with E-state index >= 15 is 0 Å². The molecular weight excluding hydrogens is 296 g/mol. The fourth-order valence-electron chi connectivity index (χ4n) is 3.03. The van der Waals surface area contributed by atoms with Crippen LogP contribution in [-0.2, 0) is 13.1 Å². The number of nitrogens with zero attached hydrogens (tertiary/aromatic N) is 5. The van der Waals surface area contributed by atoms with E-state index < -0.39 is 0 Å². The highest BCUT2D eigenvalue weighted by Crippen LogP contribution is 2.21. The molecule has 3 heterocycles. The molecule has 0 unspecified atom stereocenters. The van der Waals surface area contributed by atoms with Crippen LogP contribution >= 0.6 is 11.3 Å². The molecule has 0 spiro atoms. The van der Waals surface area contributed by atoms with Crippen molar-refractivity contribution in [1.82, 2.24) is 24.6 Å². The number of nitrogen functional groups attached to an aromatic ring is 1. The van der Waals surface area contributed by atoms with Gasteiger partial charge >= 0.3 is 0 Å². The molecule has 6 nitrogen and oxygen atoms in total. The second-order valence-electron chi connectivity index (χ2n) is 5.92. The monoisotopic (exact) mass is 320 g/mol. The second kappa shape index (κ2) is 7.21. The van der Waals surface area contributed by atoms with Crippen LogP contribution in [0.1, 0.15) is 17.7 Å². The van der Waals surface area contributed by atoms with Crippen LogP contribution in [0.2, 0.25) is 0 Å². The summed E-state index contributed by atoms with van der Waals surface area (Å²) in [7, 11) is 2.21. The van der Waals surface area contributed by atoms with Crippen molar-refractivity contribution in [3.05, 3.63) is 29.5 Å². The van der Waals surface area contributed by atoms with Gasteiger partial charge in [0.1, 0.15) is 0 Å². The van der Waals surface area contributed by atoms with E-state index in [4.69, 9.17) is 5.73 Å². The summed E-state index contributed by atoms with van der Waals surface area (Å²) in [6, 6.07) is 2.64. The number of thiazole rings is 1. The molecule has 2 aromatic rings. The predicted molar refractivity (Wildman–Crippen MR) is 89.7 cm³/mol. The fraction of sp³-hybridized carbons (Fsp3) is 0.600. The van der Waals surface area contributed by atoms with Crippen molar-refractivity contribution in [3.8, 4) is 0 Å². The lowest BCUT2D eigenvalue weighted by Gasteiger charge is -2.36. The van der Waals surface area contributed by atoms with Gasteiger partial charge in [0.2, 0.25) is 0 Å². The van der Waals surface area contributed by atoms with E-state index in [9.17, 15) is 0 Å². The lowest BCUT2D eigenvalue weighted by atomic mass is 10.0. The van der Waals surface area contributed by atoms with Gasteiger partial charge < -0.3 is 10.6 Å². The third-order valence-electron chi connectivity index (χ3n) is 4.36. The van der Waals surface area contributed by atoms with E-state index in [1.54, 1.807) is 11.3 Å². The molecule has 0 aromatic carbocycles. The molecule has 1 aliphatic heterocycles. The third-order valence-corrected chi connectivity index (χ3v) is 5.17. The zero-order chi connectivity index (χ0) is 15.4. The van der Waals surface area contributed by atoms with E-state index in [1.807, 2.05) is 29.3 Å². The minimum absolute atomic E-state index is 0.657. The number of likely N-dealkylation sites (tertiary alicyclic amines) is 1. The second-order valence-corrected chi connectivity index (χ2v) is 7.07. The lowest BCUT2D eigenvalue weighted by Crippen LogP contribution is -2.43. The summed E-state index contributed by atoms with van der Waals surface area (Å²) in [5, 5.41) is 4.92. The Kier molecular flexibility index (Phi) is 5.07. The number of rotatable bonds is 6. The molecule has 0 radical (unpaired) electrons. The largest absolute Gasteiger partial charge is 0.375 e. The molecule has 22 heavy (non-hydrogen) atoms. The quantitative estimate of drug-likeness (QED) is 0.874. The molecule has 0 bridgehead atoms. The maximum absolute atomic E-state index is 5.70. The van der Waals surface area contributed by atoms with Gasteiger partial charge in [0.05, 0.1) is 6.54 Å². The molecule has 1 saturated heterocycles. The summed E-state index contributed by atoms with van der Waals surface area (Å²) in [5.74, 6) is 0. The summed E-state index contributed by atoms with van der Waals surface area (Å²) < 4.78 is 2.01. The molecule has 1 fully saturated rings. The number of piperidine rings is 1. The normalized spacial score (nSPS) is 17.4. The van der Waals surface area contributed by atoms with E-state index in [-0.39, 0.29) is 0 Å². The Morgan fingerprint density at radius 1 is 1.36 bits per heavy atom. The first-order valence-corrected chi connectivity index (χ1v) is 8.62. The van der Waals surface area contributed by atoms with Crippen LogP contribution in [0.25, 0.3) is 0 Å². The number of nitrogens with two attached hydrogens (primary N) is 1. The van der Waals surface area contributed by atoms with E-state index in [0.717, 1.165) is 19.6 Å². The predicted octanol–water partition coefficient (Wildman–Crippen LogP) is 1.52. The van der Waals surface area contributed by atoms with Crippen LogP contribution < -0.4 is 5.73 Å². The highest BCUT2D eigenvalue weighted by molar-refractivity contribution is 7.15. The van der Waals surface area contributed by atoms with Crippen LogP contribution in [0.15, 0.2) is 24.7 Å². The SMILES string of the molecule is CN(Cc1cnc(N)s1)C1CCN(CCn2cccn2)CC1. The van der Waals surface area contributed by atoms with Crippen molar-refractivity contribution in [3.63, 3.8) is 0 Å². The maximum atomic E-state index is 5.70. The zero-order valence-electron chi connectivity index (χ0n) is 13.1. The molecule has 2 aromatic heterocycles. The smallest absolute Gasteiger partial charge is 0.180 e. The third kappa shape index (κ3) is 4.06. The standard InChI is InChI=1S/C15H24N6S/c1-19(12-14-11-17-15(16)22-14)13-3-7-20(8-4-13)9-10-21-6-2-5-18-21/h2,5-6,11,13H,3-4,7-10,12H2,1H3,(H2,16,17). The molecular formula is C15H24N6S. The van der Waals surface area contributed by atoms with Crippen molar-refractivity contribution in [2.24, 2.45) is 0 Å². The average molecular weight is 320 g/mol. The van der Waals surface area contributed by atoms with Crippen molar-refractivity contribution < 1.29 is 0 Å². The minimum atomic E-state index is 0.657. The summed E-state index contributed by atoms with van der Waals surface area (Å²) in [6.07, 6.45) is 8.22. The summed E-state index contributed by atoms with van der Waals surface area (Å²) in [4.78, 5) is 10.4. The minimum Gasteiger partial charge on any atom is -0.375 e. The van der Waals surface area contributed by atoms with Gasteiger partial charge in [0, 0.05) is 42.6 Å². The van der Waals surface area contributed by atoms with Crippen LogP contribution in [0.4, 0.5) is 5.13 Å². The van der Waals surface area contributed by atoms with Gasteiger partial charge in [-0.15, -0.1) is 11.3 Å². The van der Waals surface area contributed by atoms with E-state index in [2.05, 4.69) is 26.9 Å². The fourth-order valence-corrected chi connectivity index (χ4v) is 3.78. The number of anilines is 1. The van der Waals surface area contributed by atoms with Gasteiger partial charge in [-0.1, -0.05) is 0 Å². The molecule has 7 heteroatoms. The summed E-state index contributed by atoms with van der Waals surface area (Å²) in [6.45, 7) is 5.35. The van der Waals surface area contributed by atoms with Crippen LogP contribution in [-0.4, -0.2) is 57.3 Å². The highest BCUT2D eigenvalue weighted by atomic mass is 32.1. The zero-order valence-corrected chi connectivity index (χ0v) is 13.9. The highest BCUT2D eigenvalue weighted by Gasteiger charge is 2.22. The number of aromatic nitrogens is 3. The van der Waals surface area contributed by atoms with Gasteiger partial charge in [-0.2, -0.15) is 5.10 Å². The van der Waals surface area contributed by atoms with Crippen LogP contribution in [0.5, 0.6) is 0 Å². The van der Waals surface area contributed by atoms with Crippen molar-refractivity contribution in [2.75, 3.05) is 32.4 Å². The Labute approximate surface area is 135 Å². The topological polar surface area (TPSA) is 63.2 Å². The summed E-state index contributed by atoms with van der Waals surface area (Å²) in [5.41, 5.74) is 5.70. The van der Waals surface area contributed by atoms with Gasteiger partial charge in [-0.05, 0) is 39.0 Å². The van der Waals surface area contributed by atoms with Gasteiger partial charge in [-0.25, -0.2) is 4.98 Å². The van der Waals surface area contributed by atoms with Crippen LogP contribution in [0.3, 0.4) is 0 Å². The molecule has 120 valence electrons. The molecule has 0 saturated carbocycles. The van der Waals surface area contributed by atoms with E-state index in [0.29, 0.717) is 11.2 Å². The Bertz CT molecular complexity index is 558. The lowest BCUT2D eigenvalue weighted by molar-refractivity contribution is 0.121. The molecule has 2 N–H and O–H groups in total. The molecule has 0 amide bonds. The molecule has 0 aliphatic carbocycles. The first kappa shape index (κ1) is 15.5. The maximum Gasteiger partial charge on any atom is 0.180 e. The van der Waals surface area contributed by atoms with E-state index in [1.165, 1.54) is 30.8 Å². The number of hydrogen-bond acceptors (Lipinski definition) is 6. The van der Waals surface area contributed by atoms with Gasteiger partial charge in [0.25, 0.3) is 0 Å². The molecule has 1 aliphatic rings. The first-order valence-electron chi connectivity index (χ1n) is 7.81. The Balaban J connectivity index is 1.41. The molecule has 3 rings (SSSR count). The van der Waals surface area contributed by atoms with Crippen LogP contribution in [0, 0.1) is 0 Å². The Hall–Kier alpha value is -1.44. The first-order chi connectivity index (χ1) is 10.7. The average Bonchev–Trinajstić information content (AvgIpc) is 3.17. The molecule has 0 atom stereocenters. The Morgan fingerprint density at radius 2 is 2.18 bits per heavy atom. The van der Waals surface area contributed by atoms with Crippen molar-refractivity contribution in [1.29, 1.82) is 0 Å². The van der Waals surface area contributed by atoms with Crippen molar-refractivity contribution in [2.45, 2.75) is 32.0 Å². The summed E-state index contributed by atoms with van der Waals surface area (Å²) >= 11 is 1.59. The number of hydrogen-bond donors (Lipinski definition) is 1. The van der Waals surface area contributed by atoms with Gasteiger partial charge in [0.15, 0.2) is 5.13 Å². The van der Waals surface area contributed by atoms with Crippen molar-refractivity contribution >= 4 is 16.5 Å². The Morgan fingerprint density at radius 3 is 2.82 bits per heavy atom.